The smallest absolute Gasteiger partial charge is 0.254 e. The highest BCUT2D eigenvalue weighted by Crippen LogP contribution is 2.13. The minimum atomic E-state index is -0.763. The predicted octanol–water partition coefficient (Wildman–Crippen LogP) is 1.97. The molecule has 1 amide bonds. The zero-order valence-electron chi connectivity index (χ0n) is 10.3. The van der Waals surface area contributed by atoms with Crippen LogP contribution in [0.1, 0.15) is 37.6 Å². The summed E-state index contributed by atoms with van der Waals surface area (Å²) in [5.74, 6) is -1.14. The monoisotopic (exact) mass is 239 g/mol. The molecule has 0 aliphatic heterocycles. The van der Waals surface area contributed by atoms with Crippen molar-refractivity contribution in [3.63, 3.8) is 0 Å². The molecule has 0 aliphatic carbocycles. The Hall–Kier alpha value is -1.65. The summed E-state index contributed by atoms with van der Waals surface area (Å²) >= 11 is 0. The normalized spacial score (nSPS) is 14.1. The summed E-state index contributed by atoms with van der Waals surface area (Å²) in [6.45, 7) is 5.97. The number of hydrogen-bond donors (Lipinski definition) is 2. The Morgan fingerprint density at radius 2 is 2.24 bits per heavy atom. The molecular weight excluding hydrogens is 221 g/mol. The zero-order chi connectivity index (χ0) is 13.0. The first-order valence-electron chi connectivity index (χ1n) is 5.68. The number of nitrogens with one attached hydrogen (secondary N) is 1. The molecule has 0 radical (unpaired) electrons. The maximum Gasteiger partial charge on any atom is 0.254 e. The van der Waals surface area contributed by atoms with Gasteiger partial charge in [-0.1, -0.05) is 20.3 Å². The number of rotatable bonds is 4. The number of pyridine rings is 1. The third-order valence-electron chi connectivity index (χ3n) is 3.02. The molecule has 1 aromatic rings. The zero-order valence-corrected chi connectivity index (χ0v) is 10.3. The molecule has 0 fully saturated rings. The molecule has 0 spiro atoms. The first-order valence-corrected chi connectivity index (χ1v) is 5.68. The van der Waals surface area contributed by atoms with E-state index in [4.69, 9.17) is 5.73 Å². The maximum atomic E-state index is 13.5. The lowest BCUT2D eigenvalue weighted by atomic mass is 10.0. The predicted molar refractivity (Wildman–Crippen MR) is 65.0 cm³/mol. The number of hydrogen-bond acceptors (Lipinski definition) is 3. The summed E-state index contributed by atoms with van der Waals surface area (Å²) in [7, 11) is 0. The molecule has 1 heterocycles. The Balaban J connectivity index is 2.80. The molecular formula is C12H18FN3O. The Morgan fingerprint density at radius 3 is 2.82 bits per heavy atom. The quantitative estimate of drug-likeness (QED) is 0.844. The van der Waals surface area contributed by atoms with Gasteiger partial charge < -0.3 is 11.1 Å². The van der Waals surface area contributed by atoms with Gasteiger partial charge in [0.05, 0.1) is 5.56 Å². The van der Waals surface area contributed by atoms with Crippen LogP contribution in [0, 0.1) is 11.7 Å². The van der Waals surface area contributed by atoms with Crippen molar-refractivity contribution in [2.24, 2.45) is 5.92 Å². The molecule has 5 heteroatoms. The molecule has 94 valence electrons. The van der Waals surface area contributed by atoms with Crippen LogP contribution in [0.15, 0.2) is 12.3 Å². The minimum Gasteiger partial charge on any atom is -0.381 e. The summed E-state index contributed by atoms with van der Waals surface area (Å²) in [6, 6.07) is 1.31. The first kappa shape index (κ1) is 13.4. The van der Waals surface area contributed by atoms with Gasteiger partial charge in [-0.25, -0.2) is 9.37 Å². The van der Waals surface area contributed by atoms with E-state index in [-0.39, 0.29) is 17.4 Å². The van der Waals surface area contributed by atoms with E-state index in [1.54, 1.807) is 0 Å². The van der Waals surface area contributed by atoms with E-state index in [0.29, 0.717) is 5.92 Å². The molecule has 0 saturated heterocycles. The fraction of sp³-hybridized carbons (Fsp3) is 0.500. The van der Waals surface area contributed by atoms with Crippen molar-refractivity contribution in [3.05, 3.63) is 23.6 Å². The summed E-state index contributed by atoms with van der Waals surface area (Å²) in [4.78, 5) is 15.4. The van der Waals surface area contributed by atoms with Gasteiger partial charge in [-0.3, -0.25) is 4.79 Å². The number of carbonyl (C=O) groups is 1. The summed E-state index contributed by atoms with van der Waals surface area (Å²) in [5.41, 5.74) is 5.25. The van der Waals surface area contributed by atoms with E-state index in [9.17, 15) is 9.18 Å². The van der Waals surface area contributed by atoms with Crippen molar-refractivity contribution in [3.8, 4) is 0 Å². The average molecular weight is 239 g/mol. The topological polar surface area (TPSA) is 68.0 Å². The fourth-order valence-electron chi connectivity index (χ4n) is 1.42. The summed E-state index contributed by atoms with van der Waals surface area (Å²) in [6.07, 6.45) is 2.27. The second-order valence-electron chi connectivity index (χ2n) is 4.21. The average Bonchev–Trinajstić information content (AvgIpc) is 2.31. The van der Waals surface area contributed by atoms with Crippen LogP contribution >= 0.6 is 0 Å². The van der Waals surface area contributed by atoms with E-state index < -0.39 is 11.7 Å². The number of aromatic nitrogens is 1. The number of amides is 1. The molecule has 3 N–H and O–H groups in total. The first-order chi connectivity index (χ1) is 7.97. The third-order valence-corrected chi connectivity index (χ3v) is 3.02. The molecule has 0 saturated carbocycles. The highest BCUT2D eigenvalue weighted by molar-refractivity contribution is 5.95. The van der Waals surface area contributed by atoms with Crippen molar-refractivity contribution < 1.29 is 9.18 Å². The van der Waals surface area contributed by atoms with E-state index in [0.717, 1.165) is 6.42 Å². The lowest BCUT2D eigenvalue weighted by Crippen LogP contribution is -2.37. The largest absolute Gasteiger partial charge is 0.381 e. The fourth-order valence-corrected chi connectivity index (χ4v) is 1.42. The van der Waals surface area contributed by atoms with Crippen LogP contribution in [0.2, 0.25) is 0 Å². The van der Waals surface area contributed by atoms with Crippen LogP contribution in [-0.2, 0) is 0 Å². The van der Waals surface area contributed by atoms with Crippen molar-refractivity contribution in [2.45, 2.75) is 33.2 Å². The van der Waals surface area contributed by atoms with Crippen molar-refractivity contribution >= 4 is 11.7 Å². The van der Waals surface area contributed by atoms with Crippen molar-refractivity contribution in [1.29, 1.82) is 0 Å². The number of carbonyl (C=O) groups excluding carboxylic acids is 1. The lowest BCUT2D eigenvalue weighted by Gasteiger charge is -2.20. The molecule has 17 heavy (non-hydrogen) atoms. The Labute approximate surface area is 100 Å². The third kappa shape index (κ3) is 3.15. The molecule has 0 aromatic carbocycles. The Kier molecular flexibility index (Phi) is 4.43. The molecule has 1 aromatic heterocycles. The molecule has 4 nitrogen and oxygen atoms in total. The van der Waals surface area contributed by atoms with Crippen LogP contribution < -0.4 is 11.1 Å². The van der Waals surface area contributed by atoms with E-state index in [2.05, 4.69) is 10.3 Å². The number of nitrogens with two attached hydrogens (primary N) is 1. The van der Waals surface area contributed by atoms with Crippen molar-refractivity contribution in [2.75, 3.05) is 5.73 Å². The van der Waals surface area contributed by atoms with Gasteiger partial charge in [0.25, 0.3) is 5.91 Å². The lowest BCUT2D eigenvalue weighted by molar-refractivity contribution is 0.0924. The standard InChI is InChI=1S/C12H18FN3O/c1-4-7(2)8(3)16-12(17)9-5-6-15-11(14)10(9)13/h5-8H,4H2,1-3H3,(H2,14,15)(H,16,17). The second kappa shape index (κ2) is 5.61. The second-order valence-corrected chi connectivity index (χ2v) is 4.21. The van der Waals surface area contributed by atoms with Gasteiger partial charge in [0.1, 0.15) is 0 Å². The number of nitrogen functional groups attached to an aromatic ring is 1. The highest BCUT2D eigenvalue weighted by Gasteiger charge is 2.18. The molecule has 0 bridgehead atoms. The number of halogens is 1. The highest BCUT2D eigenvalue weighted by atomic mass is 19.1. The minimum absolute atomic E-state index is 0.0127. The summed E-state index contributed by atoms with van der Waals surface area (Å²) < 4.78 is 13.5. The Bertz CT molecular complexity index is 409. The van der Waals surface area contributed by atoms with Gasteiger partial charge in [0.15, 0.2) is 11.6 Å². The van der Waals surface area contributed by atoms with Crippen LogP contribution in [-0.4, -0.2) is 16.9 Å². The van der Waals surface area contributed by atoms with Gasteiger partial charge in [-0.15, -0.1) is 0 Å². The van der Waals surface area contributed by atoms with Gasteiger partial charge >= 0.3 is 0 Å². The number of nitrogens with zero attached hydrogens (tertiary/aromatic N) is 1. The maximum absolute atomic E-state index is 13.5. The molecule has 2 atom stereocenters. The Morgan fingerprint density at radius 1 is 1.59 bits per heavy atom. The van der Waals surface area contributed by atoms with E-state index in [1.807, 2.05) is 20.8 Å². The van der Waals surface area contributed by atoms with Crippen LogP contribution in [0.25, 0.3) is 0 Å². The van der Waals surface area contributed by atoms with E-state index in [1.165, 1.54) is 12.3 Å². The molecule has 0 aliphatic rings. The summed E-state index contributed by atoms with van der Waals surface area (Å²) in [5, 5.41) is 2.75. The molecule has 2 unspecified atom stereocenters. The van der Waals surface area contributed by atoms with E-state index >= 15 is 0 Å². The number of anilines is 1. The molecule has 1 rings (SSSR count). The van der Waals surface area contributed by atoms with Crippen LogP contribution in [0.5, 0.6) is 0 Å². The van der Waals surface area contributed by atoms with Crippen molar-refractivity contribution in [1.82, 2.24) is 10.3 Å². The van der Waals surface area contributed by atoms with Gasteiger partial charge in [0, 0.05) is 12.2 Å². The SMILES string of the molecule is CCC(C)C(C)NC(=O)c1ccnc(N)c1F. The van der Waals surface area contributed by atoms with Gasteiger partial charge in [-0.2, -0.15) is 0 Å². The van der Waals surface area contributed by atoms with Crippen LogP contribution in [0.4, 0.5) is 10.2 Å². The van der Waals surface area contributed by atoms with Gasteiger partial charge in [-0.05, 0) is 18.9 Å². The van der Waals surface area contributed by atoms with Gasteiger partial charge in [0.2, 0.25) is 0 Å². The van der Waals surface area contributed by atoms with Crippen LogP contribution in [0.3, 0.4) is 0 Å².